The summed E-state index contributed by atoms with van der Waals surface area (Å²) < 4.78 is 45.6. The zero-order chi connectivity index (χ0) is 30.1. The number of ether oxygens (including phenoxy) is 1. The molecule has 3 amide bonds. The van der Waals surface area contributed by atoms with Crippen molar-refractivity contribution in [1.82, 2.24) is 20.2 Å². The van der Waals surface area contributed by atoms with Crippen molar-refractivity contribution in [3.63, 3.8) is 0 Å². The Morgan fingerprint density at radius 1 is 1.10 bits per heavy atom. The molecule has 14 heteroatoms. The van der Waals surface area contributed by atoms with Crippen molar-refractivity contribution in [1.29, 1.82) is 0 Å². The molecule has 11 nitrogen and oxygen atoms in total. The number of benzene rings is 2. The number of carbonyl (C=O) groups excluding carboxylic acids is 3. The molecule has 1 aliphatic rings. The van der Waals surface area contributed by atoms with E-state index in [1.54, 1.807) is 12.1 Å². The molecule has 2 aromatic carbocycles. The number of anilines is 1. The molecule has 1 aliphatic heterocycles. The molecule has 0 aliphatic carbocycles. The molecule has 1 aromatic heterocycles. The van der Waals surface area contributed by atoms with Gasteiger partial charge in [-0.25, -0.2) is 14.4 Å². The summed E-state index contributed by atoms with van der Waals surface area (Å²) in [4.78, 5) is 68.0. The first-order chi connectivity index (χ1) is 19.3. The molecule has 1 atom stereocenters. The third kappa shape index (κ3) is 5.85. The van der Waals surface area contributed by atoms with Crippen molar-refractivity contribution in [3.8, 4) is 11.3 Å². The molecular weight excluding hydrogens is 547 g/mol. The number of carbonyl (C=O) groups is 3. The first kappa shape index (κ1) is 29.1. The number of alkyl halides is 3. The van der Waals surface area contributed by atoms with Crippen LogP contribution >= 0.6 is 0 Å². The number of methoxy groups -OCH3 is 1. The number of esters is 1. The third-order valence-electron chi connectivity index (χ3n) is 6.72. The number of aromatic nitrogens is 2. The Labute approximate surface area is 230 Å². The summed E-state index contributed by atoms with van der Waals surface area (Å²) in [5.74, 6) is -1.81. The van der Waals surface area contributed by atoms with E-state index >= 15 is 0 Å². The van der Waals surface area contributed by atoms with E-state index in [-0.39, 0.29) is 28.4 Å². The SMILES string of the molecule is COC(=O)[C@H](C)NC(=O)c1c(-c2ccc(N3CCNC3=O)cc2)[nH]c(=O)n(Cc2cccc(C(F)(F)F)c2C)c1=O. The van der Waals surface area contributed by atoms with Gasteiger partial charge in [0.15, 0.2) is 0 Å². The zero-order valence-electron chi connectivity index (χ0n) is 22.2. The molecule has 0 spiro atoms. The summed E-state index contributed by atoms with van der Waals surface area (Å²) in [7, 11) is 1.11. The van der Waals surface area contributed by atoms with E-state index in [4.69, 9.17) is 0 Å². The van der Waals surface area contributed by atoms with Gasteiger partial charge < -0.3 is 20.4 Å². The Balaban J connectivity index is 1.83. The van der Waals surface area contributed by atoms with Gasteiger partial charge in [-0.1, -0.05) is 24.3 Å². The number of rotatable bonds is 7. The van der Waals surface area contributed by atoms with Crippen LogP contribution in [0.4, 0.5) is 23.7 Å². The largest absolute Gasteiger partial charge is 0.467 e. The summed E-state index contributed by atoms with van der Waals surface area (Å²) in [6.45, 7) is 2.88. The van der Waals surface area contributed by atoms with E-state index in [2.05, 4.69) is 20.4 Å². The molecule has 4 rings (SSSR count). The van der Waals surface area contributed by atoms with Crippen molar-refractivity contribution in [3.05, 3.63) is 85.6 Å². The quantitative estimate of drug-likeness (QED) is 0.371. The highest BCUT2D eigenvalue weighted by Gasteiger charge is 2.33. The van der Waals surface area contributed by atoms with Crippen molar-refractivity contribution in [2.24, 2.45) is 0 Å². The summed E-state index contributed by atoms with van der Waals surface area (Å²) in [5, 5.41) is 5.02. The molecule has 0 saturated carbocycles. The van der Waals surface area contributed by atoms with Gasteiger partial charge >= 0.3 is 23.9 Å². The van der Waals surface area contributed by atoms with Gasteiger partial charge in [0.1, 0.15) is 11.6 Å². The minimum absolute atomic E-state index is 0.0442. The van der Waals surface area contributed by atoms with E-state index in [1.165, 1.54) is 36.9 Å². The zero-order valence-corrected chi connectivity index (χ0v) is 22.2. The van der Waals surface area contributed by atoms with Gasteiger partial charge in [0, 0.05) is 18.8 Å². The predicted molar refractivity (Wildman–Crippen MR) is 142 cm³/mol. The Morgan fingerprint density at radius 2 is 1.78 bits per heavy atom. The van der Waals surface area contributed by atoms with Crippen LogP contribution in [0.1, 0.15) is 34.0 Å². The fourth-order valence-electron chi connectivity index (χ4n) is 4.50. The van der Waals surface area contributed by atoms with Crippen molar-refractivity contribution in [2.75, 3.05) is 25.1 Å². The Kier molecular flexibility index (Phi) is 8.03. The van der Waals surface area contributed by atoms with Gasteiger partial charge in [0.25, 0.3) is 11.5 Å². The topological polar surface area (TPSA) is 143 Å². The summed E-state index contributed by atoms with van der Waals surface area (Å²) in [6, 6.07) is 8.04. The lowest BCUT2D eigenvalue weighted by Crippen LogP contribution is -2.45. The lowest BCUT2D eigenvalue weighted by atomic mass is 10.0. The maximum Gasteiger partial charge on any atom is 0.416 e. The van der Waals surface area contributed by atoms with Gasteiger partial charge in [0.05, 0.1) is 24.9 Å². The van der Waals surface area contributed by atoms with Crippen LogP contribution in [-0.4, -0.2) is 53.7 Å². The Bertz CT molecular complexity index is 1630. The van der Waals surface area contributed by atoms with E-state index in [9.17, 15) is 37.1 Å². The molecule has 0 unspecified atom stereocenters. The van der Waals surface area contributed by atoms with Crippen LogP contribution in [0.25, 0.3) is 11.3 Å². The van der Waals surface area contributed by atoms with Crippen LogP contribution in [0.15, 0.2) is 52.1 Å². The maximum absolute atomic E-state index is 13.6. The molecule has 216 valence electrons. The number of hydrogen-bond donors (Lipinski definition) is 3. The molecular formula is C27H26F3N5O6. The van der Waals surface area contributed by atoms with Crippen LogP contribution in [0.2, 0.25) is 0 Å². The molecule has 2 heterocycles. The highest BCUT2D eigenvalue weighted by Crippen LogP contribution is 2.33. The number of amides is 3. The smallest absolute Gasteiger partial charge is 0.416 e. The second kappa shape index (κ2) is 11.3. The molecule has 41 heavy (non-hydrogen) atoms. The minimum Gasteiger partial charge on any atom is -0.467 e. The van der Waals surface area contributed by atoms with Gasteiger partial charge in [-0.3, -0.25) is 19.1 Å². The molecule has 1 saturated heterocycles. The minimum atomic E-state index is -4.65. The first-order valence-corrected chi connectivity index (χ1v) is 12.4. The monoisotopic (exact) mass is 573 g/mol. The molecule has 3 aromatic rings. The number of halogens is 3. The number of urea groups is 1. The number of H-pyrrole nitrogens is 1. The first-order valence-electron chi connectivity index (χ1n) is 12.4. The van der Waals surface area contributed by atoms with Gasteiger partial charge in [-0.2, -0.15) is 13.2 Å². The van der Waals surface area contributed by atoms with Crippen LogP contribution < -0.4 is 26.8 Å². The van der Waals surface area contributed by atoms with Crippen LogP contribution in [0.3, 0.4) is 0 Å². The fraction of sp³-hybridized carbons (Fsp3) is 0.296. The highest BCUT2D eigenvalue weighted by molar-refractivity contribution is 6.01. The second-order valence-corrected chi connectivity index (χ2v) is 9.31. The van der Waals surface area contributed by atoms with Crippen LogP contribution in [-0.2, 0) is 22.3 Å². The standard InChI is InChI=1S/C27H26F3N5O6/c1-14-17(5-4-6-19(14)27(28,29)30)13-35-23(37)20(22(36)32-15(2)24(38)41-3)21(33-26(35)40)16-7-9-18(10-8-16)34-12-11-31-25(34)39/h4-10,15H,11-13H2,1-3H3,(H,31,39)(H,32,36)(H,33,40)/t15-/m0/s1. The maximum atomic E-state index is 13.6. The highest BCUT2D eigenvalue weighted by atomic mass is 19.4. The van der Waals surface area contributed by atoms with E-state index in [1.807, 2.05) is 0 Å². The normalized spacial score (nSPS) is 14.0. The van der Waals surface area contributed by atoms with Crippen molar-refractivity contribution < 1.29 is 32.3 Å². The van der Waals surface area contributed by atoms with Crippen molar-refractivity contribution in [2.45, 2.75) is 32.6 Å². The van der Waals surface area contributed by atoms with Gasteiger partial charge in [0.2, 0.25) is 0 Å². The number of nitrogens with zero attached hydrogens (tertiary/aromatic N) is 2. The van der Waals surface area contributed by atoms with Crippen LogP contribution in [0.5, 0.6) is 0 Å². The second-order valence-electron chi connectivity index (χ2n) is 9.31. The fourth-order valence-corrected chi connectivity index (χ4v) is 4.50. The Hall–Kier alpha value is -4.88. The van der Waals surface area contributed by atoms with Crippen molar-refractivity contribution >= 4 is 23.6 Å². The van der Waals surface area contributed by atoms with Gasteiger partial charge in [-0.15, -0.1) is 0 Å². The molecule has 3 N–H and O–H groups in total. The Morgan fingerprint density at radius 3 is 2.37 bits per heavy atom. The number of nitrogens with one attached hydrogen (secondary N) is 3. The number of hydrogen-bond acceptors (Lipinski definition) is 6. The predicted octanol–water partition coefficient (Wildman–Crippen LogP) is 2.40. The van der Waals surface area contributed by atoms with E-state index < -0.39 is 53.0 Å². The van der Waals surface area contributed by atoms with E-state index in [0.717, 1.165) is 19.2 Å². The summed E-state index contributed by atoms with van der Waals surface area (Å²) in [5.41, 5.74) is -3.07. The average molecular weight is 574 g/mol. The lowest BCUT2D eigenvalue weighted by molar-refractivity contribution is -0.142. The summed E-state index contributed by atoms with van der Waals surface area (Å²) >= 11 is 0. The molecule has 0 radical (unpaired) electrons. The molecule has 0 bridgehead atoms. The number of aromatic amines is 1. The third-order valence-corrected chi connectivity index (χ3v) is 6.72. The lowest BCUT2D eigenvalue weighted by Gasteiger charge is -2.18. The van der Waals surface area contributed by atoms with Crippen LogP contribution in [0, 0.1) is 6.92 Å². The van der Waals surface area contributed by atoms with E-state index in [0.29, 0.717) is 23.3 Å². The molecule has 1 fully saturated rings. The van der Waals surface area contributed by atoms with Gasteiger partial charge in [-0.05, 0) is 48.7 Å². The average Bonchev–Trinajstić information content (AvgIpc) is 3.36. The summed E-state index contributed by atoms with van der Waals surface area (Å²) in [6.07, 6.45) is -4.65.